The predicted octanol–water partition coefficient (Wildman–Crippen LogP) is 1.20. The zero-order chi connectivity index (χ0) is 19.1. The molecule has 0 saturated heterocycles. The van der Waals surface area contributed by atoms with Crippen LogP contribution in [0, 0.1) is 5.92 Å². The molecule has 1 unspecified atom stereocenters. The van der Waals surface area contributed by atoms with E-state index in [0.717, 1.165) is 11.1 Å². The van der Waals surface area contributed by atoms with Gasteiger partial charge in [-0.3, -0.25) is 9.59 Å². The highest BCUT2D eigenvalue weighted by atomic mass is 16.5. The molecule has 2 amide bonds. The number of carboxylic acids is 1. The van der Waals surface area contributed by atoms with Gasteiger partial charge in [0.2, 0.25) is 11.8 Å². The van der Waals surface area contributed by atoms with Crippen LogP contribution in [0.5, 0.6) is 0 Å². The van der Waals surface area contributed by atoms with E-state index in [2.05, 4.69) is 5.32 Å². The number of carbonyl (C=O) groups excluding carboxylic acids is 2. The molecule has 1 atom stereocenters. The predicted molar refractivity (Wildman–Crippen MR) is 95.4 cm³/mol. The van der Waals surface area contributed by atoms with E-state index in [1.54, 1.807) is 4.90 Å². The first-order chi connectivity index (χ1) is 12.4. The SMILES string of the molecule is CC(C)CC(=O)N1Cc2ccccc2CC1C(=O)NCCOCC(=O)O. The van der Waals surface area contributed by atoms with Crippen LogP contribution < -0.4 is 5.32 Å². The molecule has 0 saturated carbocycles. The number of carboxylic acid groups (broad SMARTS) is 1. The van der Waals surface area contributed by atoms with E-state index < -0.39 is 18.6 Å². The van der Waals surface area contributed by atoms with Crippen molar-refractivity contribution in [1.29, 1.82) is 0 Å². The van der Waals surface area contributed by atoms with Gasteiger partial charge in [-0.05, 0) is 17.0 Å². The zero-order valence-electron chi connectivity index (χ0n) is 15.2. The van der Waals surface area contributed by atoms with Crippen LogP contribution in [0.3, 0.4) is 0 Å². The Hall–Kier alpha value is -2.41. The highest BCUT2D eigenvalue weighted by Crippen LogP contribution is 2.24. The first-order valence-corrected chi connectivity index (χ1v) is 8.82. The maximum absolute atomic E-state index is 12.6. The number of nitrogens with zero attached hydrogens (tertiary/aromatic N) is 1. The van der Waals surface area contributed by atoms with Gasteiger partial charge in [0.15, 0.2) is 0 Å². The quantitative estimate of drug-likeness (QED) is 0.678. The summed E-state index contributed by atoms with van der Waals surface area (Å²) in [6, 6.07) is 7.27. The summed E-state index contributed by atoms with van der Waals surface area (Å²) >= 11 is 0. The van der Waals surface area contributed by atoms with E-state index in [4.69, 9.17) is 9.84 Å². The van der Waals surface area contributed by atoms with Crippen molar-refractivity contribution in [2.45, 2.75) is 39.3 Å². The number of rotatable bonds is 8. The first-order valence-electron chi connectivity index (χ1n) is 8.82. The number of ether oxygens (including phenoxy) is 1. The van der Waals surface area contributed by atoms with Crippen LogP contribution in [-0.2, 0) is 32.1 Å². The lowest BCUT2D eigenvalue weighted by Gasteiger charge is -2.36. The van der Waals surface area contributed by atoms with Gasteiger partial charge in [0.1, 0.15) is 12.6 Å². The van der Waals surface area contributed by atoms with E-state index in [9.17, 15) is 14.4 Å². The molecule has 1 aliphatic heterocycles. The number of aliphatic carboxylic acids is 1. The normalized spacial score (nSPS) is 16.3. The van der Waals surface area contributed by atoms with Crippen LogP contribution in [0.1, 0.15) is 31.4 Å². The minimum Gasteiger partial charge on any atom is -0.480 e. The molecule has 1 heterocycles. The average molecular weight is 362 g/mol. The van der Waals surface area contributed by atoms with Crippen molar-refractivity contribution in [3.8, 4) is 0 Å². The number of amides is 2. The number of carbonyl (C=O) groups is 3. The van der Waals surface area contributed by atoms with Crippen LogP contribution in [-0.4, -0.2) is 53.6 Å². The Labute approximate surface area is 153 Å². The number of nitrogens with one attached hydrogen (secondary N) is 1. The van der Waals surface area contributed by atoms with Crippen LogP contribution in [0.4, 0.5) is 0 Å². The van der Waals surface area contributed by atoms with Crippen LogP contribution in [0.15, 0.2) is 24.3 Å². The van der Waals surface area contributed by atoms with Gasteiger partial charge >= 0.3 is 5.97 Å². The fraction of sp³-hybridized carbons (Fsp3) is 0.526. The molecule has 0 aromatic heterocycles. The molecule has 7 nitrogen and oxygen atoms in total. The second kappa shape index (κ2) is 9.33. The number of fused-ring (bicyclic) bond motifs is 1. The first kappa shape index (κ1) is 19.9. The molecule has 2 N–H and O–H groups in total. The number of hydrogen-bond acceptors (Lipinski definition) is 4. The van der Waals surface area contributed by atoms with E-state index >= 15 is 0 Å². The van der Waals surface area contributed by atoms with E-state index in [1.165, 1.54) is 0 Å². The van der Waals surface area contributed by atoms with E-state index in [-0.39, 0.29) is 30.9 Å². The minimum absolute atomic E-state index is 0.0308. The lowest BCUT2D eigenvalue weighted by atomic mass is 9.92. The van der Waals surface area contributed by atoms with Gasteiger partial charge in [-0.15, -0.1) is 0 Å². The Morgan fingerprint density at radius 1 is 1.27 bits per heavy atom. The average Bonchev–Trinajstić information content (AvgIpc) is 2.59. The monoisotopic (exact) mass is 362 g/mol. The smallest absolute Gasteiger partial charge is 0.329 e. The highest BCUT2D eigenvalue weighted by molar-refractivity contribution is 5.88. The molecule has 7 heteroatoms. The van der Waals surface area contributed by atoms with E-state index in [1.807, 2.05) is 38.1 Å². The molecule has 142 valence electrons. The molecule has 26 heavy (non-hydrogen) atoms. The van der Waals surface area contributed by atoms with Crippen molar-refractivity contribution < 1.29 is 24.2 Å². The molecular formula is C19H26N2O5. The molecule has 1 aromatic rings. The molecule has 0 bridgehead atoms. The molecule has 2 rings (SSSR count). The van der Waals surface area contributed by atoms with Crippen molar-refractivity contribution >= 4 is 17.8 Å². The third-order valence-electron chi connectivity index (χ3n) is 4.23. The fourth-order valence-electron chi connectivity index (χ4n) is 3.01. The van der Waals surface area contributed by atoms with Gasteiger partial charge in [-0.1, -0.05) is 38.1 Å². The molecular weight excluding hydrogens is 336 g/mol. The maximum Gasteiger partial charge on any atom is 0.329 e. The minimum atomic E-state index is -1.05. The second-order valence-electron chi connectivity index (χ2n) is 6.85. The largest absolute Gasteiger partial charge is 0.480 e. The lowest BCUT2D eigenvalue weighted by Crippen LogP contribution is -2.53. The van der Waals surface area contributed by atoms with Gasteiger partial charge in [-0.2, -0.15) is 0 Å². The van der Waals surface area contributed by atoms with Crippen molar-refractivity contribution in [1.82, 2.24) is 10.2 Å². The van der Waals surface area contributed by atoms with Gasteiger partial charge in [0.25, 0.3) is 0 Å². The van der Waals surface area contributed by atoms with Crippen molar-refractivity contribution in [3.05, 3.63) is 35.4 Å². The molecule has 1 aromatic carbocycles. The molecule has 1 aliphatic rings. The van der Waals surface area contributed by atoms with Crippen LogP contribution >= 0.6 is 0 Å². The Morgan fingerprint density at radius 2 is 1.96 bits per heavy atom. The summed E-state index contributed by atoms with van der Waals surface area (Å²) in [7, 11) is 0. The Morgan fingerprint density at radius 3 is 2.62 bits per heavy atom. The van der Waals surface area contributed by atoms with Crippen molar-refractivity contribution in [2.75, 3.05) is 19.8 Å². The van der Waals surface area contributed by atoms with E-state index in [0.29, 0.717) is 19.4 Å². The topological polar surface area (TPSA) is 95.9 Å². The van der Waals surface area contributed by atoms with Crippen LogP contribution in [0.25, 0.3) is 0 Å². The summed E-state index contributed by atoms with van der Waals surface area (Å²) in [5.74, 6) is -1.11. The summed E-state index contributed by atoms with van der Waals surface area (Å²) in [4.78, 5) is 37.3. The third-order valence-corrected chi connectivity index (χ3v) is 4.23. The second-order valence-corrected chi connectivity index (χ2v) is 6.85. The summed E-state index contributed by atoms with van der Waals surface area (Å²) in [5, 5.41) is 11.3. The summed E-state index contributed by atoms with van der Waals surface area (Å²) in [6.45, 7) is 4.30. The van der Waals surface area contributed by atoms with Crippen molar-refractivity contribution in [3.63, 3.8) is 0 Å². The summed E-state index contributed by atoms with van der Waals surface area (Å²) < 4.78 is 4.92. The maximum atomic E-state index is 12.6. The number of hydrogen-bond donors (Lipinski definition) is 2. The standard InChI is InChI=1S/C19H26N2O5/c1-13(2)9-17(22)21-11-15-6-4-3-5-14(15)10-16(21)19(25)20-7-8-26-12-18(23)24/h3-6,13,16H,7-12H2,1-2H3,(H,20,25)(H,23,24). The molecule has 0 radical (unpaired) electrons. The Bertz CT molecular complexity index is 659. The fourth-order valence-corrected chi connectivity index (χ4v) is 3.01. The lowest BCUT2D eigenvalue weighted by molar-refractivity contribution is -0.143. The number of benzene rings is 1. The van der Waals surface area contributed by atoms with Gasteiger partial charge in [0, 0.05) is 25.9 Å². The highest BCUT2D eigenvalue weighted by Gasteiger charge is 2.34. The Kier molecular flexibility index (Phi) is 7.15. The zero-order valence-corrected chi connectivity index (χ0v) is 15.2. The molecule has 0 spiro atoms. The third kappa shape index (κ3) is 5.56. The molecule has 0 fully saturated rings. The molecule has 0 aliphatic carbocycles. The van der Waals surface area contributed by atoms with Gasteiger partial charge < -0.3 is 20.1 Å². The van der Waals surface area contributed by atoms with Crippen molar-refractivity contribution in [2.24, 2.45) is 5.92 Å². The van der Waals surface area contributed by atoms with Gasteiger partial charge in [0.05, 0.1) is 6.61 Å². The van der Waals surface area contributed by atoms with Gasteiger partial charge in [-0.25, -0.2) is 4.79 Å². The van der Waals surface area contributed by atoms with Crippen LogP contribution in [0.2, 0.25) is 0 Å². The summed E-state index contributed by atoms with van der Waals surface area (Å²) in [6.07, 6.45) is 0.871. The Balaban J connectivity index is 2.02. The summed E-state index contributed by atoms with van der Waals surface area (Å²) in [5.41, 5.74) is 2.14.